The van der Waals surface area contributed by atoms with Crippen LogP contribution >= 0.6 is 15.9 Å². The van der Waals surface area contributed by atoms with Gasteiger partial charge in [-0.3, -0.25) is 4.79 Å². The average molecular weight is 285 g/mol. The molecular weight excluding hydrogens is 268 g/mol. The zero-order chi connectivity index (χ0) is 12.0. The van der Waals surface area contributed by atoms with Gasteiger partial charge in [0, 0.05) is 5.33 Å². The van der Waals surface area contributed by atoms with E-state index >= 15 is 0 Å². The van der Waals surface area contributed by atoms with Gasteiger partial charge >= 0.3 is 5.97 Å². The molecule has 1 aromatic carbocycles. The first kappa shape index (κ1) is 13.2. The summed E-state index contributed by atoms with van der Waals surface area (Å²) in [6.07, 6.45) is 2.46. The van der Waals surface area contributed by atoms with Gasteiger partial charge in [0.05, 0.1) is 13.5 Å². The number of alkyl halides is 1. The van der Waals surface area contributed by atoms with E-state index < -0.39 is 0 Å². The molecule has 3 heteroatoms. The first-order valence-corrected chi connectivity index (χ1v) is 6.51. The molecule has 1 aromatic rings. The smallest absolute Gasteiger partial charge is 0.309 e. The second kappa shape index (κ2) is 6.69. The van der Waals surface area contributed by atoms with Crippen LogP contribution in [0.25, 0.3) is 0 Å². The summed E-state index contributed by atoms with van der Waals surface area (Å²) in [6.45, 7) is 2.04. The molecule has 0 fully saturated rings. The number of hydrogen-bond donors (Lipinski definition) is 0. The summed E-state index contributed by atoms with van der Waals surface area (Å²) in [5.41, 5.74) is 3.54. The molecule has 2 nitrogen and oxygen atoms in total. The van der Waals surface area contributed by atoms with Crippen LogP contribution in [-0.2, 0) is 22.4 Å². The number of carbonyl (C=O) groups excluding carboxylic acids is 1. The van der Waals surface area contributed by atoms with Gasteiger partial charge in [-0.25, -0.2) is 0 Å². The highest BCUT2D eigenvalue weighted by atomic mass is 79.9. The number of benzene rings is 1. The Morgan fingerprint density at radius 3 is 2.81 bits per heavy atom. The number of halogens is 1. The van der Waals surface area contributed by atoms with E-state index in [-0.39, 0.29) is 5.97 Å². The second-order valence-corrected chi connectivity index (χ2v) is 4.55. The zero-order valence-electron chi connectivity index (χ0n) is 9.75. The molecule has 0 atom stereocenters. The summed E-state index contributed by atoms with van der Waals surface area (Å²) in [4.78, 5) is 11.3. The molecule has 0 spiro atoms. The number of aryl methyl sites for hydroxylation is 2. The van der Waals surface area contributed by atoms with Crippen molar-refractivity contribution in [1.29, 1.82) is 0 Å². The Morgan fingerprint density at radius 2 is 2.19 bits per heavy atom. The largest absolute Gasteiger partial charge is 0.469 e. The molecule has 0 bridgehead atoms. The summed E-state index contributed by atoms with van der Waals surface area (Å²) in [5.74, 6) is -0.172. The Morgan fingerprint density at radius 1 is 1.44 bits per heavy atom. The number of ether oxygens (including phenoxy) is 1. The molecule has 16 heavy (non-hydrogen) atoms. The summed E-state index contributed by atoms with van der Waals surface area (Å²) in [7, 11) is 1.43. The molecule has 0 aliphatic carbocycles. The standard InChI is InChI=1S/C13H17BrO2/c1-10-5-3-6-11(7-4-8-14)12(10)9-13(15)16-2/h3,5-6H,4,7-9H2,1-2H3. The lowest BCUT2D eigenvalue weighted by Gasteiger charge is -2.11. The predicted molar refractivity (Wildman–Crippen MR) is 69.0 cm³/mol. The first-order chi connectivity index (χ1) is 7.69. The fourth-order valence-electron chi connectivity index (χ4n) is 1.72. The maximum atomic E-state index is 11.3. The minimum Gasteiger partial charge on any atom is -0.469 e. The van der Waals surface area contributed by atoms with Crippen molar-refractivity contribution in [2.24, 2.45) is 0 Å². The molecule has 1 rings (SSSR count). The van der Waals surface area contributed by atoms with Crippen LogP contribution in [0.15, 0.2) is 18.2 Å². The average Bonchev–Trinajstić information content (AvgIpc) is 2.29. The molecule has 0 aliphatic rings. The molecule has 0 saturated heterocycles. The van der Waals surface area contributed by atoms with Crippen LogP contribution in [0.2, 0.25) is 0 Å². The Bertz CT molecular complexity index is 361. The first-order valence-electron chi connectivity index (χ1n) is 5.39. The zero-order valence-corrected chi connectivity index (χ0v) is 11.3. The summed E-state index contributed by atoms with van der Waals surface area (Å²) in [6, 6.07) is 6.17. The van der Waals surface area contributed by atoms with E-state index in [2.05, 4.69) is 22.0 Å². The molecule has 88 valence electrons. The predicted octanol–water partition coefficient (Wildman–Crippen LogP) is 3.04. The minimum absolute atomic E-state index is 0.172. The lowest BCUT2D eigenvalue weighted by Crippen LogP contribution is -2.08. The number of carbonyl (C=O) groups is 1. The van der Waals surface area contributed by atoms with Gasteiger partial charge in [-0.2, -0.15) is 0 Å². The molecule has 0 aromatic heterocycles. The van der Waals surface area contributed by atoms with Crippen molar-refractivity contribution >= 4 is 21.9 Å². The number of hydrogen-bond acceptors (Lipinski definition) is 2. The van der Waals surface area contributed by atoms with Gasteiger partial charge in [0.25, 0.3) is 0 Å². The Kier molecular flexibility index (Phi) is 5.53. The highest BCUT2D eigenvalue weighted by Gasteiger charge is 2.10. The summed E-state index contributed by atoms with van der Waals surface area (Å²) in [5, 5.41) is 0.985. The van der Waals surface area contributed by atoms with E-state index in [0.717, 1.165) is 29.3 Å². The third-order valence-electron chi connectivity index (χ3n) is 2.64. The Balaban J connectivity index is 2.89. The van der Waals surface area contributed by atoms with Crippen LogP contribution in [0, 0.1) is 6.92 Å². The van der Waals surface area contributed by atoms with Gasteiger partial charge in [-0.1, -0.05) is 34.1 Å². The Labute approximate surface area is 105 Å². The van der Waals surface area contributed by atoms with Crippen LogP contribution in [-0.4, -0.2) is 18.4 Å². The molecule has 0 unspecified atom stereocenters. The van der Waals surface area contributed by atoms with Crippen LogP contribution in [0.5, 0.6) is 0 Å². The van der Waals surface area contributed by atoms with Gasteiger partial charge in [0.1, 0.15) is 0 Å². The topological polar surface area (TPSA) is 26.3 Å². The fourth-order valence-corrected chi connectivity index (χ4v) is 2.00. The highest BCUT2D eigenvalue weighted by molar-refractivity contribution is 9.09. The van der Waals surface area contributed by atoms with Crippen molar-refractivity contribution < 1.29 is 9.53 Å². The molecule has 0 heterocycles. The monoisotopic (exact) mass is 284 g/mol. The number of rotatable bonds is 5. The van der Waals surface area contributed by atoms with Gasteiger partial charge in [-0.15, -0.1) is 0 Å². The van der Waals surface area contributed by atoms with Crippen molar-refractivity contribution in [3.8, 4) is 0 Å². The molecule has 0 radical (unpaired) electrons. The third kappa shape index (κ3) is 3.63. The fraction of sp³-hybridized carbons (Fsp3) is 0.462. The van der Waals surface area contributed by atoms with Crippen molar-refractivity contribution in [3.05, 3.63) is 34.9 Å². The van der Waals surface area contributed by atoms with Crippen molar-refractivity contribution in [2.45, 2.75) is 26.2 Å². The minimum atomic E-state index is -0.172. The van der Waals surface area contributed by atoms with Crippen molar-refractivity contribution in [1.82, 2.24) is 0 Å². The lowest BCUT2D eigenvalue weighted by molar-refractivity contribution is -0.139. The molecular formula is C13H17BrO2. The quantitative estimate of drug-likeness (QED) is 0.614. The number of methoxy groups -OCH3 is 1. The molecule has 0 saturated carbocycles. The van der Waals surface area contributed by atoms with E-state index in [4.69, 9.17) is 4.74 Å². The lowest BCUT2D eigenvalue weighted by atomic mass is 9.96. The van der Waals surface area contributed by atoms with Crippen molar-refractivity contribution in [2.75, 3.05) is 12.4 Å². The SMILES string of the molecule is COC(=O)Cc1c(C)cccc1CCCBr. The normalized spacial score (nSPS) is 10.2. The van der Waals surface area contributed by atoms with E-state index in [9.17, 15) is 4.79 Å². The van der Waals surface area contributed by atoms with E-state index in [0.29, 0.717) is 6.42 Å². The van der Waals surface area contributed by atoms with Gasteiger partial charge < -0.3 is 4.74 Å². The molecule has 0 aliphatic heterocycles. The maximum Gasteiger partial charge on any atom is 0.309 e. The highest BCUT2D eigenvalue weighted by Crippen LogP contribution is 2.17. The van der Waals surface area contributed by atoms with Crippen LogP contribution < -0.4 is 0 Å². The van der Waals surface area contributed by atoms with Crippen LogP contribution in [0.3, 0.4) is 0 Å². The summed E-state index contributed by atoms with van der Waals surface area (Å²) >= 11 is 3.42. The second-order valence-electron chi connectivity index (χ2n) is 3.76. The summed E-state index contributed by atoms with van der Waals surface area (Å²) < 4.78 is 4.72. The van der Waals surface area contributed by atoms with Gasteiger partial charge in [0.2, 0.25) is 0 Å². The van der Waals surface area contributed by atoms with Crippen LogP contribution in [0.4, 0.5) is 0 Å². The van der Waals surface area contributed by atoms with Crippen molar-refractivity contribution in [3.63, 3.8) is 0 Å². The molecule has 0 amide bonds. The van der Waals surface area contributed by atoms with Gasteiger partial charge in [0.15, 0.2) is 0 Å². The van der Waals surface area contributed by atoms with E-state index in [1.165, 1.54) is 12.7 Å². The maximum absolute atomic E-state index is 11.3. The molecule has 0 N–H and O–H groups in total. The van der Waals surface area contributed by atoms with E-state index in [1.54, 1.807) is 0 Å². The van der Waals surface area contributed by atoms with Crippen LogP contribution in [0.1, 0.15) is 23.1 Å². The van der Waals surface area contributed by atoms with Gasteiger partial charge in [-0.05, 0) is 36.5 Å². The van der Waals surface area contributed by atoms with E-state index in [1.807, 2.05) is 19.1 Å². The number of esters is 1. The third-order valence-corrected chi connectivity index (χ3v) is 3.20. The Hall–Kier alpha value is -0.830.